The molecule has 0 spiro atoms. The van der Waals surface area contributed by atoms with Gasteiger partial charge >= 0.3 is 11.9 Å². The monoisotopic (exact) mass is 242 g/mol. The molecule has 0 N–H and O–H groups in total. The van der Waals surface area contributed by atoms with E-state index >= 15 is 0 Å². The fourth-order valence-corrected chi connectivity index (χ4v) is 1.06. The van der Waals surface area contributed by atoms with Crippen LogP contribution in [-0.2, 0) is 28.5 Å². The van der Waals surface area contributed by atoms with Crippen LogP contribution in [0.25, 0.3) is 0 Å². The van der Waals surface area contributed by atoms with E-state index in [-0.39, 0.29) is 31.0 Å². The molecule has 2 atom stereocenters. The zero-order chi connectivity index (χ0) is 12.3. The number of esters is 2. The van der Waals surface area contributed by atoms with Gasteiger partial charge in [-0.25, -0.2) is 9.59 Å². The summed E-state index contributed by atoms with van der Waals surface area (Å²) < 4.78 is 19.5. The van der Waals surface area contributed by atoms with Crippen molar-refractivity contribution >= 4 is 11.9 Å². The Balaban J connectivity index is 1.68. The molecule has 2 saturated heterocycles. The molecule has 0 aromatic heterocycles. The molecule has 0 aliphatic carbocycles. The van der Waals surface area contributed by atoms with Crippen molar-refractivity contribution < 1.29 is 28.5 Å². The lowest BCUT2D eigenvalue weighted by molar-refractivity contribution is -0.141. The molecule has 0 aromatic rings. The Hall–Kier alpha value is -1.40. The first kappa shape index (κ1) is 12.1. The minimum atomic E-state index is -0.558. The predicted molar refractivity (Wildman–Crippen MR) is 55.2 cm³/mol. The molecule has 0 amide bonds. The van der Waals surface area contributed by atoms with E-state index in [9.17, 15) is 9.59 Å². The van der Waals surface area contributed by atoms with Crippen LogP contribution in [0, 0.1) is 0 Å². The number of ether oxygens (including phenoxy) is 4. The molecular formula is C11H14O6. The number of hydrogen-bond acceptors (Lipinski definition) is 6. The first-order valence-electron chi connectivity index (χ1n) is 5.40. The van der Waals surface area contributed by atoms with Gasteiger partial charge in [0.25, 0.3) is 0 Å². The topological polar surface area (TPSA) is 77.7 Å². The molecule has 2 rings (SSSR count). The summed E-state index contributed by atoms with van der Waals surface area (Å²) in [5, 5.41) is 0. The van der Waals surface area contributed by atoms with Gasteiger partial charge in [0, 0.05) is 11.6 Å². The van der Waals surface area contributed by atoms with Crippen molar-refractivity contribution in [3.05, 3.63) is 11.6 Å². The molecule has 6 heteroatoms. The maximum absolute atomic E-state index is 11.4. The van der Waals surface area contributed by atoms with Crippen molar-refractivity contribution in [3.8, 4) is 0 Å². The number of rotatable bonds is 6. The lowest BCUT2D eigenvalue weighted by Crippen LogP contribution is -2.13. The molecule has 0 aromatic carbocycles. The SMILES string of the molecule is CC(=CC(=O)OCC1CO1)C(=O)OCC1CO1. The van der Waals surface area contributed by atoms with Crippen LogP contribution in [0.4, 0.5) is 0 Å². The number of epoxide rings is 2. The average Bonchev–Trinajstić information content (AvgIpc) is 3.16. The summed E-state index contributed by atoms with van der Waals surface area (Å²) >= 11 is 0. The highest BCUT2D eigenvalue weighted by atomic mass is 16.6. The lowest BCUT2D eigenvalue weighted by atomic mass is 10.3. The third-order valence-electron chi connectivity index (χ3n) is 2.27. The standard InChI is InChI=1S/C11H14O6/c1-7(11(13)17-6-9-4-15-9)2-10(12)16-5-8-3-14-8/h2,8-9H,3-6H2,1H3. The van der Waals surface area contributed by atoms with Gasteiger partial charge in [0.15, 0.2) is 0 Å². The zero-order valence-electron chi connectivity index (χ0n) is 9.51. The molecule has 0 radical (unpaired) electrons. The fourth-order valence-electron chi connectivity index (χ4n) is 1.06. The van der Waals surface area contributed by atoms with Gasteiger partial charge in [0.1, 0.15) is 25.4 Å². The third kappa shape index (κ3) is 4.54. The Morgan fingerprint density at radius 1 is 1.18 bits per heavy atom. The Morgan fingerprint density at radius 3 is 2.24 bits per heavy atom. The van der Waals surface area contributed by atoms with Crippen LogP contribution >= 0.6 is 0 Å². The molecule has 2 fully saturated rings. The lowest BCUT2D eigenvalue weighted by Gasteiger charge is -2.03. The molecule has 17 heavy (non-hydrogen) atoms. The van der Waals surface area contributed by atoms with Gasteiger partial charge in [0.2, 0.25) is 0 Å². The molecule has 94 valence electrons. The fraction of sp³-hybridized carbons (Fsp3) is 0.636. The minimum absolute atomic E-state index is 0.0192. The van der Waals surface area contributed by atoms with Crippen molar-refractivity contribution in [2.24, 2.45) is 0 Å². The highest BCUT2D eigenvalue weighted by molar-refractivity contribution is 5.95. The molecule has 6 nitrogen and oxygen atoms in total. The van der Waals surface area contributed by atoms with Crippen LogP contribution in [0.3, 0.4) is 0 Å². The maximum Gasteiger partial charge on any atom is 0.334 e. The van der Waals surface area contributed by atoms with Gasteiger partial charge < -0.3 is 18.9 Å². The quantitative estimate of drug-likeness (QED) is 0.365. The van der Waals surface area contributed by atoms with Crippen molar-refractivity contribution in [1.29, 1.82) is 0 Å². The van der Waals surface area contributed by atoms with E-state index in [0.717, 1.165) is 6.08 Å². The smallest absolute Gasteiger partial charge is 0.334 e. The van der Waals surface area contributed by atoms with Crippen LogP contribution in [0.5, 0.6) is 0 Å². The van der Waals surface area contributed by atoms with E-state index in [1.807, 2.05) is 0 Å². The molecule has 0 bridgehead atoms. The summed E-state index contributed by atoms with van der Waals surface area (Å²) in [6, 6.07) is 0. The normalized spacial score (nSPS) is 26.3. The van der Waals surface area contributed by atoms with E-state index in [4.69, 9.17) is 18.9 Å². The molecule has 2 heterocycles. The predicted octanol–water partition coefficient (Wildman–Crippen LogP) is -0.183. The van der Waals surface area contributed by atoms with E-state index in [0.29, 0.717) is 13.2 Å². The third-order valence-corrected chi connectivity index (χ3v) is 2.27. The second-order valence-electron chi connectivity index (χ2n) is 3.97. The van der Waals surface area contributed by atoms with E-state index < -0.39 is 11.9 Å². The van der Waals surface area contributed by atoms with Gasteiger partial charge in [-0.1, -0.05) is 0 Å². The summed E-state index contributed by atoms with van der Waals surface area (Å²) in [5.74, 6) is -1.09. The van der Waals surface area contributed by atoms with Gasteiger partial charge in [-0.3, -0.25) is 0 Å². The summed E-state index contributed by atoms with van der Waals surface area (Å²) in [6.45, 7) is 3.21. The molecule has 0 saturated carbocycles. The molecule has 2 aliphatic rings. The first-order valence-corrected chi connectivity index (χ1v) is 5.40. The second-order valence-corrected chi connectivity index (χ2v) is 3.97. The Labute approximate surface area is 98.5 Å². The van der Waals surface area contributed by atoms with Gasteiger partial charge in [-0.2, -0.15) is 0 Å². The van der Waals surface area contributed by atoms with E-state index in [2.05, 4.69) is 0 Å². The summed E-state index contributed by atoms with van der Waals surface area (Å²) in [6.07, 6.45) is 1.16. The van der Waals surface area contributed by atoms with Crippen molar-refractivity contribution in [1.82, 2.24) is 0 Å². The van der Waals surface area contributed by atoms with Gasteiger partial charge in [-0.05, 0) is 6.92 Å². The molecule has 2 aliphatic heterocycles. The summed E-state index contributed by atoms with van der Waals surface area (Å²) in [4.78, 5) is 22.6. The Kier molecular flexibility index (Phi) is 3.75. The van der Waals surface area contributed by atoms with Crippen LogP contribution in [0.2, 0.25) is 0 Å². The number of carbonyl (C=O) groups excluding carboxylic acids is 2. The number of hydrogen-bond donors (Lipinski definition) is 0. The molecule has 2 unspecified atom stereocenters. The van der Waals surface area contributed by atoms with Crippen molar-refractivity contribution in [2.75, 3.05) is 26.4 Å². The largest absolute Gasteiger partial charge is 0.460 e. The van der Waals surface area contributed by atoms with Crippen LogP contribution in [0.1, 0.15) is 6.92 Å². The van der Waals surface area contributed by atoms with Crippen LogP contribution < -0.4 is 0 Å². The second kappa shape index (κ2) is 5.29. The highest BCUT2D eigenvalue weighted by Crippen LogP contribution is 2.11. The Morgan fingerprint density at radius 2 is 1.71 bits per heavy atom. The summed E-state index contributed by atoms with van der Waals surface area (Å²) in [5.41, 5.74) is 0.215. The molecular weight excluding hydrogens is 228 g/mol. The van der Waals surface area contributed by atoms with E-state index in [1.54, 1.807) is 0 Å². The van der Waals surface area contributed by atoms with Gasteiger partial charge in [0.05, 0.1) is 13.2 Å². The van der Waals surface area contributed by atoms with Crippen LogP contribution in [-0.4, -0.2) is 50.6 Å². The van der Waals surface area contributed by atoms with E-state index in [1.165, 1.54) is 6.92 Å². The van der Waals surface area contributed by atoms with Crippen molar-refractivity contribution in [2.45, 2.75) is 19.1 Å². The van der Waals surface area contributed by atoms with Crippen LogP contribution in [0.15, 0.2) is 11.6 Å². The number of carbonyl (C=O) groups is 2. The van der Waals surface area contributed by atoms with Crippen molar-refractivity contribution in [3.63, 3.8) is 0 Å². The maximum atomic E-state index is 11.4. The Bertz CT molecular complexity index is 340. The van der Waals surface area contributed by atoms with Gasteiger partial charge in [-0.15, -0.1) is 0 Å². The average molecular weight is 242 g/mol. The zero-order valence-corrected chi connectivity index (χ0v) is 9.51. The first-order chi connectivity index (χ1) is 8.15. The summed E-state index contributed by atoms with van der Waals surface area (Å²) in [7, 11) is 0. The minimum Gasteiger partial charge on any atom is -0.460 e. The highest BCUT2D eigenvalue weighted by Gasteiger charge is 2.25.